The third-order valence-corrected chi connectivity index (χ3v) is 4.49. The summed E-state index contributed by atoms with van der Waals surface area (Å²) in [4.78, 5) is 23.6. The molecule has 1 aromatic heterocycles. The van der Waals surface area contributed by atoms with Gasteiger partial charge >= 0.3 is 5.97 Å². The molecule has 6 heteroatoms. The van der Waals surface area contributed by atoms with Gasteiger partial charge in [0.25, 0.3) is 5.91 Å². The number of thiophene rings is 1. The average molecular weight is 297 g/mol. The lowest BCUT2D eigenvalue weighted by atomic mass is 9.94. The first-order valence-electron chi connectivity index (χ1n) is 6.45. The predicted octanol–water partition coefficient (Wildman–Crippen LogP) is 2.52. The van der Waals surface area contributed by atoms with Gasteiger partial charge in [0.15, 0.2) is 0 Å². The Hall–Kier alpha value is -1.40. The summed E-state index contributed by atoms with van der Waals surface area (Å²) in [5.41, 5.74) is -0.713. The summed E-state index contributed by atoms with van der Waals surface area (Å²) in [6.07, 6.45) is 0.725. The molecule has 2 heterocycles. The van der Waals surface area contributed by atoms with E-state index in [0.717, 1.165) is 17.8 Å². The Morgan fingerprint density at radius 3 is 2.35 bits per heavy atom. The number of hydrogen-bond acceptors (Lipinski definition) is 4. The molecule has 0 spiro atoms. The number of carboxylic acid groups (broad SMARTS) is 1. The highest BCUT2D eigenvalue weighted by molar-refractivity contribution is 7.15. The number of carbonyl (C=O) groups is 2. The SMILES string of the molecule is CC1(C)CC(NC(=O)c2ccc(C(=O)O)s2)C(C)(C)O1. The molecule has 1 aromatic rings. The fraction of sp³-hybridized carbons (Fsp3) is 0.571. The maximum absolute atomic E-state index is 12.2. The summed E-state index contributed by atoms with van der Waals surface area (Å²) in [6, 6.07) is 2.89. The summed E-state index contributed by atoms with van der Waals surface area (Å²) in [5, 5.41) is 11.8. The molecule has 1 aliphatic rings. The molecule has 1 amide bonds. The van der Waals surface area contributed by atoms with Crippen molar-refractivity contribution in [3.05, 3.63) is 21.9 Å². The third kappa shape index (κ3) is 3.02. The minimum atomic E-state index is -1.01. The van der Waals surface area contributed by atoms with Crippen LogP contribution in [0.2, 0.25) is 0 Å². The van der Waals surface area contributed by atoms with Crippen LogP contribution in [-0.2, 0) is 4.74 Å². The Kier molecular flexibility index (Phi) is 3.64. The molecular formula is C14H19NO4S. The van der Waals surface area contributed by atoms with E-state index in [9.17, 15) is 9.59 Å². The van der Waals surface area contributed by atoms with Crippen LogP contribution in [0.15, 0.2) is 12.1 Å². The summed E-state index contributed by atoms with van der Waals surface area (Å²) in [6.45, 7) is 7.89. The van der Waals surface area contributed by atoms with Crippen LogP contribution in [0.4, 0.5) is 0 Å². The van der Waals surface area contributed by atoms with E-state index in [4.69, 9.17) is 9.84 Å². The third-order valence-electron chi connectivity index (χ3n) is 3.42. The number of amides is 1. The van der Waals surface area contributed by atoms with E-state index in [1.165, 1.54) is 12.1 Å². The molecule has 1 atom stereocenters. The lowest BCUT2D eigenvalue weighted by Gasteiger charge is -2.27. The van der Waals surface area contributed by atoms with Gasteiger partial charge in [-0.05, 0) is 46.2 Å². The van der Waals surface area contributed by atoms with Crippen molar-refractivity contribution in [2.45, 2.75) is 51.4 Å². The van der Waals surface area contributed by atoms with E-state index in [2.05, 4.69) is 5.32 Å². The minimum Gasteiger partial charge on any atom is -0.477 e. The summed E-state index contributed by atoms with van der Waals surface area (Å²) < 4.78 is 5.92. The van der Waals surface area contributed by atoms with Crippen LogP contribution in [0.3, 0.4) is 0 Å². The van der Waals surface area contributed by atoms with E-state index in [1.807, 2.05) is 27.7 Å². The van der Waals surface area contributed by atoms with Gasteiger partial charge in [0.05, 0.1) is 22.1 Å². The molecular weight excluding hydrogens is 278 g/mol. The number of rotatable bonds is 3. The van der Waals surface area contributed by atoms with Crippen molar-refractivity contribution < 1.29 is 19.4 Å². The molecule has 110 valence electrons. The smallest absolute Gasteiger partial charge is 0.345 e. The molecule has 0 bridgehead atoms. The summed E-state index contributed by atoms with van der Waals surface area (Å²) in [5.74, 6) is -1.26. The van der Waals surface area contributed by atoms with Gasteiger partial charge in [-0.2, -0.15) is 0 Å². The molecule has 0 aromatic carbocycles. The molecule has 0 aliphatic carbocycles. The Labute approximate surface area is 121 Å². The van der Waals surface area contributed by atoms with Gasteiger partial charge < -0.3 is 15.2 Å². The van der Waals surface area contributed by atoms with E-state index in [1.54, 1.807) is 0 Å². The second-order valence-electron chi connectivity index (χ2n) is 6.16. The first kappa shape index (κ1) is 15.0. The zero-order chi connectivity index (χ0) is 15.1. The molecule has 1 fully saturated rings. The fourth-order valence-corrected chi connectivity index (χ4v) is 3.34. The molecule has 2 rings (SSSR count). The van der Waals surface area contributed by atoms with Crippen molar-refractivity contribution in [2.75, 3.05) is 0 Å². The van der Waals surface area contributed by atoms with Crippen molar-refractivity contribution in [1.29, 1.82) is 0 Å². The molecule has 2 N–H and O–H groups in total. The lowest BCUT2D eigenvalue weighted by Crippen LogP contribution is -2.45. The van der Waals surface area contributed by atoms with Crippen molar-refractivity contribution in [3.63, 3.8) is 0 Å². The number of carboxylic acids is 1. The highest BCUT2D eigenvalue weighted by Gasteiger charge is 2.46. The van der Waals surface area contributed by atoms with Gasteiger partial charge in [-0.1, -0.05) is 0 Å². The van der Waals surface area contributed by atoms with Gasteiger partial charge in [-0.3, -0.25) is 4.79 Å². The molecule has 1 aliphatic heterocycles. The van der Waals surface area contributed by atoms with Gasteiger partial charge in [0.2, 0.25) is 0 Å². The molecule has 1 unspecified atom stereocenters. The van der Waals surface area contributed by atoms with Crippen LogP contribution < -0.4 is 5.32 Å². The normalized spacial score (nSPS) is 23.5. The van der Waals surface area contributed by atoms with Crippen molar-refractivity contribution in [3.8, 4) is 0 Å². The fourth-order valence-electron chi connectivity index (χ4n) is 2.59. The van der Waals surface area contributed by atoms with Crippen LogP contribution in [0.1, 0.15) is 53.5 Å². The second-order valence-corrected chi connectivity index (χ2v) is 7.25. The predicted molar refractivity (Wildman–Crippen MR) is 76.4 cm³/mol. The number of ether oxygens (including phenoxy) is 1. The number of carbonyl (C=O) groups excluding carboxylic acids is 1. The van der Waals surface area contributed by atoms with E-state index in [0.29, 0.717) is 4.88 Å². The average Bonchev–Trinajstić information content (AvgIpc) is 2.81. The van der Waals surface area contributed by atoms with Crippen LogP contribution in [0, 0.1) is 0 Å². The van der Waals surface area contributed by atoms with Crippen LogP contribution in [0.25, 0.3) is 0 Å². The van der Waals surface area contributed by atoms with E-state index < -0.39 is 11.6 Å². The largest absolute Gasteiger partial charge is 0.477 e. The van der Waals surface area contributed by atoms with Gasteiger partial charge in [0, 0.05) is 0 Å². The second kappa shape index (κ2) is 4.86. The zero-order valence-electron chi connectivity index (χ0n) is 12.0. The van der Waals surface area contributed by atoms with Crippen LogP contribution >= 0.6 is 11.3 Å². The van der Waals surface area contributed by atoms with Crippen molar-refractivity contribution in [2.24, 2.45) is 0 Å². The standard InChI is InChI=1S/C14H19NO4S/c1-13(2)7-10(14(3,4)19-13)15-11(16)8-5-6-9(20-8)12(17)18/h5-6,10H,7H2,1-4H3,(H,15,16)(H,17,18). The van der Waals surface area contributed by atoms with Crippen molar-refractivity contribution in [1.82, 2.24) is 5.32 Å². The van der Waals surface area contributed by atoms with Crippen molar-refractivity contribution >= 4 is 23.2 Å². The monoisotopic (exact) mass is 297 g/mol. The minimum absolute atomic E-state index is 0.0969. The highest BCUT2D eigenvalue weighted by Crippen LogP contribution is 2.37. The number of hydrogen-bond donors (Lipinski definition) is 2. The number of aromatic carboxylic acids is 1. The zero-order valence-corrected chi connectivity index (χ0v) is 12.8. The van der Waals surface area contributed by atoms with Crippen LogP contribution in [-0.4, -0.2) is 34.2 Å². The molecule has 0 radical (unpaired) electrons. The van der Waals surface area contributed by atoms with Gasteiger partial charge in [0.1, 0.15) is 4.88 Å². The maximum Gasteiger partial charge on any atom is 0.345 e. The Morgan fingerprint density at radius 1 is 1.30 bits per heavy atom. The quantitative estimate of drug-likeness (QED) is 0.899. The lowest BCUT2D eigenvalue weighted by molar-refractivity contribution is -0.0693. The van der Waals surface area contributed by atoms with Gasteiger partial charge in [-0.15, -0.1) is 11.3 Å². The van der Waals surface area contributed by atoms with E-state index >= 15 is 0 Å². The summed E-state index contributed by atoms with van der Waals surface area (Å²) in [7, 11) is 0. The first-order chi connectivity index (χ1) is 9.11. The van der Waals surface area contributed by atoms with Crippen LogP contribution in [0.5, 0.6) is 0 Å². The topological polar surface area (TPSA) is 75.6 Å². The summed E-state index contributed by atoms with van der Waals surface area (Å²) >= 11 is 0.980. The maximum atomic E-state index is 12.2. The molecule has 1 saturated heterocycles. The Balaban J connectivity index is 2.09. The molecule has 20 heavy (non-hydrogen) atoms. The number of nitrogens with one attached hydrogen (secondary N) is 1. The highest BCUT2D eigenvalue weighted by atomic mass is 32.1. The molecule has 0 saturated carbocycles. The Morgan fingerprint density at radius 2 is 1.90 bits per heavy atom. The first-order valence-corrected chi connectivity index (χ1v) is 7.26. The van der Waals surface area contributed by atoms with E-state index in [-0.39, 0.29) is 22.4 Å². The molecule has 5 nitrogen and oxygen atoms in total. The van der Waals surface area contributed by atoms with Gasteiger partial charge in [-0.25, -0.2) is 4.79 Å². The Bertz CT molecular complexity index is 547.